The molecule has 2 aromatic carbocycles. The molecule has 6 nitrogen and oxygen atoms in total. The first kappa shape index (κ1) is 18.1. The van der Waals surface area contributed by atoms with E-state index in [-0.39, 0.29) is 11.9 Å². The van der Waals surface area contributed by atoms with Gasteiger partial charge in [-0.25, -0.2) is 14.8 Å². The molecule has 2 atom stereocenters. The Hall–Kier alpha value is -3.25. The first-order valence-corrected chi connectivity index (χ1v) is 9.17. The molecule has 4 rings (SSSR count). The molecule has 1 amide bonds. The zero-order valence-electron chi connectivity index (χ0n) is 16.0. The van der Waals surface area contributed by atoms with Gasteiger partial charge in [-0.2, -0.15) is 0 Å². The summed E-state index contributed by atoms with van der Waals surface area (Å²) in [7, 11) is 1.87. The molecule has 0 radical (unpaired) electrons. The number of hydrazine groups is 1. The standard InChI is InChI=1S/C22H21N3O3/c1-14(18-13-16-9-7-8-12-19(16)28-22(18)27)23-20-15(2)24(3)25(21(20)26)17-10-5-4-6-11-17/h4-13,15,20H,1-3H3/t15-,20-/m0/s1. The summed E-state index contributed by atoms with van der Waals surface area (Å²) in [5.41, 5.74) is 1.74. The fraction of sp³-hybridized carbons (Fsp3) is 0.227. The van der Waals surface area contributed by atoms with Gasteiger partial charge < -0.3 is 4.42 Å². The molecule has 0 N–H and O–H groups in total. The van der Waals surface area contributed by atoms with E-state index in [9.17, 15) is 9.59 Å². The maximum absolute atomic E-state index is 13.1. The maximum Gasteiger partial charge on any atom is 0.345 e. The lowest BCUT2D eigenvalue weighted by Crippen LogP contribution is -2.38. The SMILES string of the molecule is CC(=N[C@@H]1C(=O)N(c2ccccc2)N(C)[C@H]1C)c1cc2ccccc2oc1=O. The van der Waals surface area contributed by atoms with Crippen LogP contribution in [0.2, 0.25) is 0 Å². The Morgan fingerprint density at radius 2 is 1.71 bits per heavy atom. The summed E-state index contributed by atoms with van der Waals surface area (Å²) < 4.78 is 5.40. The van der Waals surface area contributed by atoms with E-state index < -0.39 is 11.7 Å². The third-order valence-electron chi connectivity index (χ3n) is 5.19. The van der Waals surface area contributed by atoms with Crippen molar-refractivity contribution >= 4 is 28.3 Å². The zero-order valence-corrected chi connectivity index (χ0v) is 16.0. The molecule has 1 aromatic heterocycles. The largest absolute Gasteiger partial charge is 0.422 e. The minimum atomic E-state index is -0.601. The third-order valence-corrected chi connectivity index (χ3v) is 5.19. The quantitative estimate of drug-likeness (QED) is 0.521. The number of amides is 1. The number of likely N-dealkylation sites (N-methyl/N-ethyl adjacent to an activating group) is 1. The Morgan fingerprint density at radius 1 is 1.04 bits per heavy atom. The summed E-state index contributed by atoms with van der Waals surface area (Å²) in [4.78, 5) is 30.1. The van der Waals surface area contributed by atoms with Crippen LogP contribution in [0.15, 0.2) is 74.9 Å². The van der Waals surface area contributed by atoms with E-state index in [0.717, 1.165) is 11.1 Å². The van der Waals surface area contributed by atoms with E-state index in [1.54, 1.807) is 24.1 Å². The highest BCUT2D eigenvalue weighted by atomic mass is 16.4. The Bertz CT molecular complexity index is 1120. The molecule has 1 aliphatic heterocycles. The molecule has 0 unspecified atom stereocenters. The van der Waals surface area contributed by atoms with Gasteiger partial charge in [0.15, 0.2) is 0 Å². The summed E-state index contributed by atoms with van der Waals surface area (Å²) in [6.07, 6.45) is 0. The number of para-hydroxylation sites is 2. The van der Waals surface area contributed by atoms with E-state index in [4.69, 9.17) is 4.42 Å². The molecule has 0 aliphatic carbocycles. The summed E-state index contributed by atoms with van der Waals surface area (Å²) in [5, 5.41) is 4.33. The van der Waals surface area contributed by atoms with E-state index in [1.165, 1.54) is 0 Å². The predicted molar refractivity (Wildman–Crippen MR) is 110 cm³/mol. The first-order valence-electron chi connectivity index (χ1n) is 9.17. The molecular formula is C22H21N3O3. The molecule has 0 bridgehead atoms. The van der Waals surface area contributed by atoms with Gasteiger partial charge >= 0.3 is 5.63 Å². The fourth-order valence-corrected chi connectivity index (χ4v) is 3.51. The molecular weight excluding hydrogens is 354 g/mol. The molecule has 2 heterocycles. The third kappa shape index (κ3) is 3.01. The molecule has 28 heavy (non-hydrogen) atoms. The van der Waals surface area contributed by atoms with Crippen LogP contribution in [0.3, 0.4) is 0 Å². The van der Waals surface area contributed by atoms with E-state index in [1.807, 2.05) is 67.5 Å². The molecule has 6 heteroatoms. The number of benzene rings is 2. The van der Waals surface area contributed by atoms with Gasteiger partial charge in [-0.15, -0.1) is 0 Å². The average Bonchev–Trinajstić information content (AvgIpc) is 2.91. The van der Waals surface area contributed by atoms with Gasteiger partial charge in [-0.1, -0.05) is 36.4 Å². The summed E-state index contributed by atoms with van der Waals surface area (Å²) in [6, 6.07) is 17.8. The summed E-state index contributed by atoms with van der Waals surface area (Å²) in [5.74, 6) is -0.120. The summed E-state index contributed by atoms with van der Waals surface area (Å²) >= 11 is 0. The van der Waals surface area contributed by atoms with Crippen molar-refractivity contribution in [3.05, 3.63) is 76.6 Å². The van der Waals surface area contributed by atoms with Gasteiger partial charge in [-0.05, 0) is 38.1 Å². The van der Waals surface area contributed by atoms with Crippen molar-refractivity contribution in [2.24, 2.45) is 4.99 Å². The van der Waals surface area contributed by atoms with Crippen LogP contribution >= 0.6 is 0 Å². The molecule has 0 saturated carbocycles. The lowest BCUT2D eigenvalue weighted by atomic mass is 10.1. The Kier molecular flexibility index (Phi) is 4.57. The van der Waals surface area contributed by atoms with Crippen molar-refractivity contribution in [2.75, 3.05) is 12.1 Å². The van der Waals surface area contributed by atoms with Crippen LogP contribution in [0.5, 0.6) is 0 Å². The van der Waals surface area contributed by atoms with E-state index >= 15 is 0 Å². The number of hydrogen-bond donors (Lipinski definition) is 0. The molecule has 1 aliphatic rings. The number of nitrogens with zero attached hydrogens (tertiary/aromatic N) is 3. The summed E-state index contributed by atoms with van der Waals surface area (Å²) in [6.45, 7) is 3.69. The van der Waals surface area contributed by atoms with Crippen LogP contribution in [0.4, 0.5) is 5.69 Å². The average molecular weight is 375 g/mol. The van der Waals surface area contributed by atoms with Gasteiger partial charge in [-0.3, -0.25) is 9.79 Å². The van der Waals surface area contributed by atoms with Crippen LogP contribution < -0.4 is 10.6 Å². The van der Waals surface area contributed by atoms with Crippen molar-refractivity contribution in [2.45, 2.75) is 25.9 Å². The van der Waals surface area contributed by atoms with Crippen LogP contribution in [0.1, 0.15) is 19.4 Å². The maximum atomic E-state index is 13.1. The van der Waals surface area contributed by atoms with Crippen LogP contribution in [-0.2, 0) is 4.79 Å². The van der Waals surface area contributed by atoms with Crippen molar-refractivity contribution in [3.8, 4) is 0 Å². The molecule has 142 valence electrons. The topological polar surface area (TPSA) is 66.1 Å². The second-order valence-corrected chi connectivity index (χ2v) is 6.94. The highest BCUT2D eigenvalue weighted by molar-refractivity contribution is 6.05. The highest BCUT2D eigenvalue weighted by Crippen LogP contribution is 2.27. The molecule has 1 fully saturated rings. The number of aliphatic imine (C=N–C) groups is 1. The van der Waals surface area contributed by atoms with Gasteiger partial charge in [0, 0.05) is 18.1 Å². The van der Waals surface area contributed by atoms with Crippen molar-refractivity contribution in [1.29, 1.82) is 0 Å². The predicted octanol–water partition coefficient (Wildman–Crippen LogP) is 3.25. The van der Waals surface area contributed by atoms with Crippen LogP contribution in [0, 0.1) is 0 Å². The van der Waals surface area contributed by atoms with Gasteiger partial charge in [0.2, 0.25) is 0 Å². The minimum Gasteiger partial charge on any atom is -0.422 e. The van der Waals surface area contributed by atoms with Gasteiger partial charge in [0.1, 0.15) is 11.6 Å². The van der Waals surface area contributed by atoms with Crippen LogP contribution in [0.25, 0.3) is 11.0 Å². The van der Waals surface area contributed by atoms with Crippen molar-refractivity contribution in [1.82, 2.24) is 5.01 Å². The lowest BCUT2D eigenvalue weighted by molar-refractivity contribution is -0.118. The van der Waals surface area contributed by atoms with Gasteiger partial charge in [0.25, 0.3) is 5.91 Å². The zero-order chi connectivity index (χ0) is 19.8. The van der Waals surface area contributed by atoms with Crippen molar-refractivity contribution < 1.29 is 9.21 Å². The number of carbonyl (C=O) groups is 1. The van der Waals surface area contributed by atoms with E-state index in [0.29, 0.717) is 16.9 Å². The minimum absolute atomic E-state index is 0.120. The van der Waals surface area contributed by atoms with E-state index in [2.05, 4.69) is 4.99 Å². The van der Waals surface area contributed by atoms with Crippen LogP contribution in [-0.4, -0.2) is 35.8 Å². The normalized spacial score (nSPS) is 20.9. The highest BCUT2D eigenvalue weighted by Gasteiger charge is 2.43. The first-order chi connectivity index (χ1) is 13.5. The smallest absolute Gasteiger partial charge is 0.345 e. The number of rotatable bonds is 3. The second kappa shape index (κ2) is 7.05. The second-order valence-electron chi connectivity index (χ2n) is 6.94. The number of hydrogen-bond acceptors (Lipinski definition) is 5. The van der Waals surface area contributed by atoms with Gasteiger partial charge in [0.05, 0.1) is 17.3 Å². The number of fused-ring (bicyclic) bond motifs is 1. The monoisotopic (exact) mass is 375 g/mol. The Labute approximate surface area is 162 Å². The number of carbonyl (C=O) groups excluding carboxylic acids is 1. The Balaban J connectivity index is 1.71. The molecule has 0 spiro atoms. The Morgan fingerprint density at radius 3 is 2.46 bits per heavy atom. The lowest BCUT2D eigenvalue weighted by Gasteiger charge is -2.26. The molecule has 1 saturated heterocycles. The fourth-order valence-electron chi connectivity index (χ4n) is 3.51. The van der Waals surface area contributed by atoms with Crippen molar-refractivity contribution in [3.63, 3.8) is 0 Å². The molecule has 3 aromatic rings. The number of anilines is 1.